The van der Waals surface area contributed by atoms with E-state index in [0.717, 1.165) is 0 Å². The van der Waals surface area contributed by atoms with Crippen molar-refractivity contribution >= 4 is 0 Å². The van der Waals surface area contributed by atoms with Gasteiger partial charge >= 0.3 is 0 Å². The molecular weight excluding hydrogens is 222 g/mol. The lowest BCUT2D eigenvalue weighted by atomic mass is 10.2. The Morgan fingerprint density at radius 2 is 1.12 bits per heavy atom. The number of methoxy groups -OCH3 is 2. The molecule has 1 aliphatic heterocycles. The highest BCUT2D eigenvalue weighted by atomic mass is 16.6. The predicted molar refractivity (Wildman–Crippen MR) is 64.7 cm³/mol. The number of ether oxygens (including phenoxy) is 4. The van der Waals surface area contributed by atoms with Crippen LogP contribution in [0.1, 0.15) is 27.7 Å². The van der Waals surface area contributed by atoms with E-state index in [-0.39, 0.29) is 36.9 Å². The quantitative estimate of drug-likeness (QED) is 0.762. The molecule has 0 radical (unpaired) electrons. The summed E-state index contributed by atoms with van der Waals surface area (Å²) in [5.41, 5.74) is 0. The van der Waals surface area contributed by atoms with E-state index >= 15 is 0 Å². The second kappa shape index (κ2) is 6.66. The molecule has 1 saturated heterocycles. The van der Waals surface area contributed by atoms with Gasteiger partial charge in [-0.3, -0.25) is 5.32 Å². The van der Waals surface area contributed by atoms with Gasteiger partial charge in [-0.2, -0.15) is 0 Å². The van der Waals surface area contributed by atoms with E-state index in [1.54, 1.807) is 14.2 Å². The fraction of sp³-hybridized carbons (Fsp3) is 1.00. The van der Waals surface area contributed by atoms with E-state index in [9.17, 15) is 0 Å². The molecule has 5 heteroatoms. The SMILES string of the molecule is CO[C@H]1N[C@@H](OC)[C@H](OC(C)C)[C@@H]1OC(C)C. The standard InChI is InChI=1S/C12H25NO4/c1-7(2)16-9-10(17-8(3)4)12(15-6)13-11(9)14-5/h7-13H,1-6H3/t9-,10+,11+,12-. The van der Waals surface area contributed by atoms with Crippen LogP contribution in [0.15, 0.2) is 0 Å². The van der Waals surface area contributed by atoms with Crippen LogP contribution in [0.4, 0.5) is 0 Å². The Morgan fingerprint density at radius 1 is 0.765 bits per heavy atom. The first kappa shape index (κ1) is 14.9. The largest absolute Gasteiger partial charge is 0.369 e. The van der Waals surface area contributed by atoms with Gasteiger partial charge in [-0.15, -0.1) is 0 Å². The molecule has 0 unspecified atom stereocenters. The summed E-state index contributed by atoms with van der Waals surface area (Å²) in [6.45, 7) is 8.00. The van der Waals surface area contributed by atoms with Gasteiger partial charge in [0.15, 0.2) is 0 Å². The normalized spacial score (nSPS) is 33.9. The van der Waals surface area contributed by atoms with Crippen molar-refractivity contribution in [2.24, 2.45) is 0 Å². The molecule has 0 saturated carbocycles. The highest BCUT2D eigenvalue weighted by Gasteiger charge is 2.46. The zero-order valence-corrected chi connectivity index (χ0v) is 11.6. The van der Waals surface area contributed by atoms with Crippen LogP contribution in [-0.4, -0.2) is 51.1 Å². The molecule has 102 valence electrons. The monoisotopic (exact) mass is 247 g/mol. The van der Waals surface area contributed by atoms with Crippen LogP contribution in [0, 0.1) is 0 Å². The number of hydrogen-bond donors (Lipinski definition) is 1. The summed E-state index contributed by atoms with van der Waals surface area (Å²) in [5, 5.41) is 3.21. The zero-order valence-electron chi connectivity index (χ0n) is 11.6. The topological polar surface area (TPSA) is 49.0 Å². The third-order valence-corrected chi connectivity index (χ3v) is 2.62. The van der Waals surface area contributed by atoms with E-state index in [1.807, 2.05) is 27.7 Å². The molecular formula is C12H25NO4. The minimum Gasteiger partial charge on any atom is -0.369 e. The molecule has 0 bridgehead atoms. The van der Waals surface area contributed by atoms with Gasteiger partial charge in [-0.25, -0.2) is 0 Å². The zero-order chi connectivity index (χ0) is 13.0. The van der Waals surface area contributed by atoms with Gasteiger partial charge in [0.25, 0.3) is 0 Å². The van der Waals surface area contributed by atoms with Gasteiger partial charge in [-0.1, -0.05) is 0 Å². The van der Waals surface area contributed by atoms with Crippen LogP contribution in [0.5, 0.6) is 0 Å². The van der Waals surface area contributed by atoms with Gasteiger partial charge in [0.1, 0.15) is 24.7 Å². The van der Waals surface area contributed by atoms with E-state index < -0.39 is 0 Å². The van der Waals surface area contributed by atoms with Crippen LogP contribution in [0.25, 0.3) is 0 Å². The summed E-state index contributed by atoms with van der Waals surface area (Å²) in [5.74, 6) is 0. The van der Waals surface area contributed by atoms with E-state index in [2.05, 4.69) is 5.32 Å². The maximum atomic E-state index is 5.87. The van der Waals surface area contributed by atoms with E-state index in [1.165, 1.54) is 0 Å². The molecule has 1 heterocycles. The lowest BCUT2D eigenvalue weighted by Crippen LogP contribution is -2.41. The minimum absolute atomic E-state index is 0.119. The van der Waals surface area contributed by atoms with Crippen molar-refractivity contribution in [2.45, 2.75) is 64.6 Å². The smallest absolute Gasteiger partial charge is 0.138 e. The molecule has 0 aliphatic carbocycles. The summed E-state index contributed by atoms with van der Waals surface area (Å²) in [4.78, 5) is 0. The lowest BCUT2D eigenvalue weighted by molar-refractivity contribution is -0.148. The predicted octanol–water partition coefficient (Wildman–Crippen LogP) is 1.12. The molecule has 1 fully saturated rings. The lowest BCUT2D eigenvalue weighted by Gasteiger charge is -2.27. The van der Waals surface area contributed by atoms with Crippen LogP contribution in [-0.2, 0) is 18.9 Å². The molecule has 4 atom stereocenters. The fourth-order valence-corrected chi connectivity index (χ4v) is 2.03. The third-order valence-electron chi connectivity index (χ3n) is 2.62. The van der Waals surface area contributed by atoms with Gasteiger partial charge in [-0.05, 0) is 27.7 Å². The summed E-state index contributed by atoms with van der Waals surface area (Å²) in [6.07, 6.45) is -0.487. The Hall–Kier alpha value is -0.200. The van der Waals surface area contributed by atoms with E-state index in [0.29, 0.717) is 0 Å². The van der Waals surface area contributed by atoms with Gasteiger partial charge < -0.3 is 18.9 Å². The number of hydrogen-bond acceptors (Lipinski definition) is 5. The number of rotatable bonds is 6. The van der Waals surface area contributed by atoms with Crippen LogP contribution in [0.3, 0.4) is 0 Å². The Bertz CT molecular complexity index is 201. The maximum Gasteiger partial charge on any atom is 0.138 e. The van der Waals surface area contributed by atoms with Crippen LogP contribution < -0.4 is 5.32 Å². The van der Waals surface area contributed by atoms with Gasteiger partial charge in [0.2, 0.25) is 0 Å². The van der Waals surface area contributed by atoms with Crippen molar-refractivity contribution in [3.8, 4) is 0 Å². The van der Waals surface area contributed by atoms with Crippen molar-refractivity contribution in [2.75, 3.05) is 14.2 Å². The Morgan fingerprint density at radius 3 is 1.35 bits per heavy atom. The second-order valence-electron chi connectivity index (χ2n) is 4.78. The van der Waals surface area contributed by atoms with Crippen molar-refractivity contribution in [1.29, 1.82) is 0 Å². The molecule has 1 N–H and O–H groups in total. The van der Waals surface area contributed by atoms with Crippen molar-refractivity contribution in [3.63, 3.8) is 0 Å². The van der Waals surface area contributed by atoms with Crippen molar-refractivity contribution < 1.29 is 18.9 Å². The summed E-state index contributed by atoms with van der Waals surface area (Å²) < 4.78 is 22.5. The highest BCUT2D eigenvalue weighted by Crippen LogP contribution is 2.24. The van der Waals surface area contributed by atoms with Gasteiger partial charge in [0, 0.05) is 14.2 Å². The molecule has 0 aromatic carbocycles. The van der Waals surface area contributed by atoms with Gasteiger partial charge in [0.05, 0.1) is 12.2 Å². The summed E-state index contributed by atoms with van der Waals surface area (Å²) >= 11 is 0. The van der Waals surface area contributed by atoms with E-state index in [4.69, 9.17) is 18.9 Å². The highest BCUT2D eigenvalue weighted by molar-refractivity contribution is 4.92. The molecule has 0 amide bonds. The molecule has 1 rings (SSSR count). The first-order valence-corrected chi connectivity index (χ1v) is 6.12. The Balaban J connectivity index is 2.75. The third kappa shape index (κ3) is 3.89. The Labute approximate surface area is 104 Å². The first-order chi connectivity index (χ1) is 7.99. The summed E-state index contributed by atoms with van der Waals surface area (Å²) in [7, 11) is 3.30. The second-order valence-corrected chi connectivity index (χ2v) is 4.78. The fourth-order valence-electron chi connectivity index (χ4n) is 2.03. The van der Waals surface area contributed by atoms with Crippen LogP contribution in [0.2, 0.25) is 0 Å². The van der Waals surface area contributed by atoms with Crippen molar-refractivity contribution in [1.82, 2.24) is 5.32 Å². The molecule has 0 aromatic rings. The molecule has 17 heavy (non-hydrogen) atoms. The first-order valence-electron chi connectivity index (χ1n) is 6.12. The molecule has 1 aliphatic rings. The Kier molecular flexibility index (Phi) is 5.82. The number of nitrogens with one attached hydrogen (secondary N) is 1. The van der Waals surface area contributed by atoms with Crippen LogP contribution >= 0.6 is 0 Å². The molecule has 0 aromatic heterocycles. The summed E-state index contributed by atoms with van der Waals surface area (Å²) in [6, 6.07) is 0. The minimum atomic E-state index is -0.203. The molecule has 0 spiro atoms. The van der Waals surface area contributed by atoms with Crippen molar-refractivity contribution in [3.05, 3.63) is 0 Å². The average molecular weight is 247 g/mol. The average Bonchev–Trinajstić information content (AvgIpc) is 2.55. The molecule has 5 nitrogen and oxygen atoms in total. The maximum absolute atomic E-state index is 5.87.